The molecule has 1 amide bonds. The minimum atomic E-state index is 0. The summed E-state index contributed by atoms with van der Waals surface area (Å²) in [5, 5.41) is 10.0. The van der Waals surface area contributed by atoms with Crippen LogP contribution in [0.3, 0.4) is 0 Å². The van der Waals surface area contributed by atoms with E-state index in [0.717, 1.165) is 24.1 Å². The van der Waals surface area contributed by atoms with Crippen molar-refractivity contribution in [2.75, 3.05) is 5.32 Å². The first-order valence-electron chi connectivity index (χ1n) is 9.72. The molecular formula is C20H30ClN5O. The Morgan fingerprint density at radius 1 is 1.26 bits per heavy atom. The van der Waals surface area contributed by atoms with Crippen LogP contribution in [-0.2, 0) is 11.3 Å². The monoisotopic (exact) mass is 391 g/mol. The number of anilines is 1. The maximum Gasteiger partial charge on any atom is 0.227 e. The zero-order valence-corrected chi connectivity index (χ0v) is 16.7. The Kier molecular flexibility index (Phi) is 8.25. The Morgan fingerprint density at radius 3 is 2.56 bits per heavy atom. The molecule has 1 aliphatic carbocycles. The molecule has 148 valence electrons. The van der Waals surface area contributed by atoms with E-state index in [1.165, 1.54) is 32.1 Å². The predicted octanol–water partition coefficient (Wildman–Crippen LogP) is 4.29. The van der Waals surface area contributed by atoms with Crippen LogP contribution in [0, 0.1) is 11.8 Å². The third-order valence-corrected chi connectivity index (χ3v) is 5.34. The van der Waals surface area contributed by atoms with Gasteiger partial charge in [0.05, 0.1) is 6.54 Å². The molecule has 1 saturated carbocycles. The molecule has 2 aromatic rings. The lowest BCUT2D eigenvalue weighted by atomic mass is 9.82. The second kappa shape index (κ2) is 10.4. The van der Waals surface area contributed by atoms with E-state index >= 15 is 0 Å². The van der Waals surface area contributed by atoms with Crippen molar-refractivity contribution in [3.8, 4) is 11.4 Å². The standard InChI is InChI=1S/C20H29N5O.ClH/c1-2-15(12-14-6-4-3-5-7-14)20(26)22-17-10-8-16(9-11-17)19-23-18(13-21)24-25-19;/h8-11,14-15H,2-7,12-13,21H2,1H3,(H,22,26)(H,23,24,25);1H. The summed E-state index contributed by atoms with van der Waals surface area (Å²) in [6, 6.07) is 7.64. The fourth-order valence-corrected chi connectivity index (χ4v) is 3.75. The second-order valence-electron chi connectivity index (χ2n) is 7.22. The SMILES string of the molecule is CCC(CC1CCCCC1)C(=O)Nc1ccc(-c2n[nH]c(CN)n2)cc1.Cl. The average Bonchev–Trinajstić information content (AvgIpc) is 3.16. The van der Waals surface area contributed by atoms with Gasteiger partial charge in [-0.05, 0) is 43.0 Å². The van der Waals surface area contributed by atoms with Crippen molar-refractivity contribution in [2.24, 2.45) is 17.6 Å². The van der Waals surface area contributed by atoms with Crippen molar-refractivity contribution in [2.45, 2.75) is 58.4 Å². The lowest BCUT2D eigenvalue weighted by molar-refractivity contribution is -0.120. The van der Waals surface area contributed by atoms with Gasteiger partial charge in [-0.2, -0.15) is 5.10 Å². The highest BCUT2D eigenvalue weighted by Crippen LogP contribution is 2.30. The summed E-state index contributed by atoms with van der Waals surface area (Å²) in [7, 11) is 0. The molecule has 0 radical (unpaired) electrons. The number of hydrogen-bond donors (Lipinski definition) is 3. The average molecular weight is 392 g/mol. The Labute approximate surface area is 167 Å². The van der Waals surface area contributed by atoms with E-state index in [2.05, 4.69) is 27.4 Å². The molecule has 27 heavy (non-hydrogen) atoms. The van der Waals surface area contributed by atoms with Gasteiger partial charge in [0.2, 0.25) is 5.91 Å². The Morgan fingerprint density at radius 2 is 1.96 bits per heavy atom. The van der Waals surface area contributed by atoms with Crippen LogP contribution in [0.5, 0.6) is 0 Å². The van der Waals surface area contributed by atoms with Crippen molar-refractivity contribution >= 4 is 24.0 Å². The third kappa shape index (κ3) is 5.78. The van der Waals surface area contributed by atoms with E-state index in [1.807, 2.05) is 24.3 Å². The van der Waals surface area contributed by atoms with Gasteiger partial charge in [-0.15, -0.1) is 12.4 Å². The molecule has 7 heteroatoms. The molecule has 1 aromatic heterocycles. The number of nitrogens with two attached hydrogens (primary N) is 1. The maximum absolute atomic E-state index is 12.7. The van der Waals surface area contributed by atoms with Crippen molar-refractivity contribution in [3.63, 3.8) is 0 Å². The van der Waals surface area contributed by atoms with Gasteiger partial charge in [0, 0.05) is 17.2 Å². The maximum atomic E-state index is 12.7. The van der Waals surface area contributed by atoms with Crippen LogP contribution in [0.1, 0.15) is 57.7 Å². The number of aromatic nitrogens is 3. The normalized spacial score (nSPS) is 15.8. The first-order chi connectivity index (χ1) is 12.7. The molecule has 0 aliphatic heterocycles. The van der Waals surface area contributed by atoms with Gasteiger partial charge in [0.25, 0.3) is 0 Å². The summed E-state index contributed by atoms with van der Waals surface area (Å²) in [5.74, 6) is 2.22. The summed E-state index contributed by atoms with van der Waals surface area (Å²) in [4.78, 5) is 17.0. The number of nitrogens with zero attached hydrogens (tertiary/aromatic N) is 2. The zero-order valence-electron chi connectivity index (χ0n) is 15.9. The summed E-state index contributed by atoms with van der Waals surface area (Å²) in [6.45, 7) is 2.44. The number of benzene rings is 1. The van der Waals surface area contributed by atoms with Crippen molar-refractivity contribution in [1.82, 2.24) is 15.2 Å². The van der Waals surface area contributed by atoms with Crippen LogP contribution < -0.4 is 11.1 Å². The van der Waals surface area contributed by atoms with Gasteiger partial charge in [-0.3, -0.25) is 9.89 Å². The summed E-state index contributed by atoms with van der Waals surface area (Å²) in [6.07, 6.45) is 8.44. The molecule has 0 bridgehead atoms. The van der Waals surface area contributed by atoms with E-state index in [-0.39, 0.29) is 24.2 Å². The number of amides is 1. The van der Waals surface area contributed by atoms with Crippen molar-refractivity contribution in [3.05, 3.63) is 30.1 Å². The van der Waals surface area contributed by atoms with Crippen molar-refractivity contribution in [1.29, 1.82) is 0 Å². The predicted molar refractivity (Wildman–Crippen MR) is 111 cm³/mol. The number of nitrogens with one attached hydrogen (secondary N) is 2. The number of carbonyl (C=O) groups excluding carboxylic acids is 1. The third-order valence-electron chi connectivity index (χ3n) is 5.34. The summed E-state index contributed by atoms with van der Waals surface area (Å²) in [5.41, 5.74) is 7.26. The van der Waals surface area contributed by atoms with E-state index in [9.17, 15) is 4.79 Å². The van der Waals surface area contributed by atoms with E-state index in [1.54, 1.807) is 0 Å². The zero-order chi connectivity index (χ0) is 18.4. The Bertz CT molecular complexity index is 709. The fourth-order valence-electron chi connectivity index (χ4n) is 3.75. The number of aromatic amines is 1. The highest BCUT2D eigenvalue weighted by atomic mass is 35.5. The second-order valence-corrected chi connectivity index (χ2v) is 7.22. The molecule has 6 nitrogen and oxygen atoms in total. The Hall–Kier alpha value is -1.92. The van der Waals surface area contributed by atoms with Gasteiger partial charge in [-0.25, -0.2) is 4.98 Å². The van der Waals surface area contributed by atoms with Gasteiger partial charge in [-0.1, -0.05) is 39.0 Å². The van der Waals surface area contributed by atoms with E-state index in [0.29, 0.717) is 24.1 Å². The molecular weight excluding hydrogens is 362 g/mol. The summed E-state index contributed by atoms with van der Waals surface area (Å²) >= 11 is 0. The van der Waals surface area contributed by atoms with Gasteiger partial charge >= 0.3 is 0 Å². The molecule has 4 N–H and O–H groups in total. The van der Waals surface area contributed by atoms with Crippen LogP contribution in [0.25, 0.3) is 11.4 Å². The van der Waals surface area contributed by atoms with Crippen LogP contribution in [0.15, 0.2) is 24.3 Å². The van der Waals surface area contributed by atoms with Crippen LogP contribution >= 0.6 is 12.4 Å². The molecule has 1 atom stereocenters. The van der Waals surface area contributed by atoms with E-state index in [4.69, 9.17) is 5.73 Å². The smallest absolute Gasteiger partial charge is 0.227 e. The first kappa shape index (κ1) is 21.4. The molecule has 1 heterocycles. The van der Waals surface area contributed by atoms with E-state index < -0.39 is 0 Å². The fraction of sp³-hybridized carbons (Fsp3) is 0.550. The lowest BCUT2D eigenvalue weighted by Crippen LogP contribution is -2.25. The molecule has 1 fully saturated rings. The molecule has 0 spiro atoms. The number of hydrogen-bond acceptors (Lipinski definition) is 4. The van der Waals surface area contributed by atoms with Crippen LogP contribution in [-0.4, -0.2) is 21.1 Å². The molecule has 1 aliphatic rings. The molecule has 1 aromatic carbocycles. The topological polar surface area (TPSA) is 96.7 Å². The minimum Gasteiger partial charge on any atom is -0.326 e. The molecule has 3 rings (SSSR count). The van der Waals surface area contributed by atoms with Crippen LogP contribution in [0.4, 0.5) is 5.69 Å². The van der Waals surface area contributed by atoms with Gasteiger partial charge in [0.1, 0.15) is 5.82 Å². The number of rotatable bonds is 7. The largest absolute Gasteiger partial charge is 0.326 e. The highest BCUT2D eigenvalue weighted by molar-refractivity contribution is 5.92. The molecule has 1 unspecified atom stereocenters. The van der Waals surface area contributed by atoms with Gasteiger partial charge < -0.3 is 11.1 Å². The summed E-state index contributed by atoms with van der Waals surface area (Å²) < 4.78 is 0. The lowest BCUT2D eigenvalue weighted by Gasteiger charge is -2.25. The van der Waals surface area contributed by atoms with Crippen LogP contribution in [0.2, 0.25) is 0 Å². The highest BCUT2D eigenvalue weighted by Gasteiger charge is 2.23. The van der Waals surface area contributed by atoms with Gasteiger partial charge in [0.15, 0.2) is 5.82 Å². The number of carbonyl (C=O) groups is 1. The first-order valence-corrected chi connectivity index (χ1v) is 9.72. The minimum absolute atomic E-state index is 0. The van der Waals surface area contributed by atoms with Crippen molar-refractivity contribution < 1.29 is 4.79 Å². The molecule has 0 saturated heterocycles. The Balaban J connectivity index is 0.00000261. The number of H-pyrrole nitrogens is 1. The number of halogens is 1. The quantitative estimate of drug-likeness (QED) is 0.655.